The molecule has 0 spiro atoms. The lowest BCUT2D eigenvalue weighted by Gasteiger charge is -2.45. The molecule has 1 saturated carbocycles. The number of thiol groups is 1. The molecule has 4 nitrogen and oxygen atoms in total. The minimum absolute atomic E-state index is 0.115. The Morgan fingerprint density at radius 3 is 2.54 bits per heavy atom. The second kappa shape index (κ2) is 6.65. The van der Waals surface area contributed by atoms with Gasteiger partial charge in [0.15, 0.2) is 5.76 Å². The third-order valence-electron chi connectivity index (χ3n) is 5.20. The largest absolute Gasteiger partial charge is 0.455 e. The summed E-state index contributed by atoms with van der Waals surface area (Å²) in [5, 5.41) is 4.86. The van der Waals surface area contributed by atoms with Crippen LogP contribution in [-0.2, 0) is 5.41 Å². The zero-order valence-electron chi connectivity index (χ0n) is 14.5. The highest BCUT2D eigenvalue weighted by Gasteiger charge is 2.44. The zero-order valence-corrected chi connectivity index (χ0v) is 15.4. The number of hydrazone groups is 1. The fourth-order valence-corrected chi connectivity index (χ4v) is 3.91. The smallest absolute Gasteiger partial charge is 0.296 e. The van der Waals surface area contributed by atoms with Crippen molar-refractivity contribution in [2.24, 2.45) is 11.0 Å². The molecule has 0 aliphatic heterocycles. The lowest BCUT2D eigenvalue weighted by Crippen LogP contribution is -2.43. The molecule has 1 aliphatic rings. The van der Waals surface area contributed by atoms with Gasteiger partial charge in [0.25, 0.3) is 5.24 Å². The molecule has 2 aromatic carbocycles. The molecule has 3 aromatic rings. The van der Waals surface area contributed by atoms with E-state index in [4.69, 9.17) is 4.42 Å². The number of nitrogens with one attached hydrogen (secondary N) is 1. The number of hydrogen-bond acceptors (Lipinski definition) is 3. The number of carbonyl (C=O) groups excluding carboxylic acids is 1. The van der Waals surface area contributed by atoms with E-state index in [2.05, 4.69) is 54.3 Å². The van der Waals surface area contributed by atoms with Crippen LogP contribution in [0, 0.1) is 5.92 Å². The minimum Gasteiger partial charge on any atom is -0.455 e. The number of nitrogens with zero attached hydrogens (tertiary/aromatic N) is 1. The number of amides is 1. The summed E-state index contributed by atoms with van der Waals surface area (Å²) in [6.45, 7) is 2.27. The first-order valence-corrected chi connectivity index (χ1v) is 9.11. The van der Waals surface area contributed by atoms with Crippen LogP contribution in [0.2, 0.25) is 0 Å². The summed E-state index contributed by atoms with van der Waals surface area (Å²) in [7, 11) is 0. The maximum atomic E-state index is 11.2. The Labute approximate surface area is 157 Å². The highest BCUT2D eigenvalue weighted by Crippen LogP contribution is 2.49. The summed E-state index contributed by atoms with van der Waals surface area (Å²) in [5.41, 5.74) is 5.50. The Kier molecular flexibility index (Phi) is 4.32. The topological polar surface area (TPSA) is 54.6 Å². The molecule has 4 rings (SSSR count). The first kappa shape index (κ1) is 16.9. The standard InChI is InChI=1S/C21H20N2O2S/c1-21(16-8-3-2-4-9-16)12-15(13-21)19(22-23-20(24)26)18-11-14-7-5-6-10-17(14)25-18/h2-11,15H,12-13H2,1H3,(H2,23,24,26)/b22-19-. The molecule has 1 amide bonds. The normalized spacial score (nSPS) is 22.8. The monoisotopic (exact) mass is 364 g/mol. The second-order valence-corrected chi connectivity index (χ2v) is 7.50. The quantitative estimate of drug-likeness (QED) is 0.382. The minimum atomic E-state index is -0.483. The van der Waals surface area contributed by atoms with Gasteiger partial charge in [0, 0.05) is 11.3 Å². The molecule has 1 fully saturated rings. The van der Waals surface area contributed by atoms with Gasteiger partial charge in [-0.3, -0.25) is 4.79 Å². The molecule has 0 unspecified atom stereocenters. The van der Waals surface area contributed by atoms with E-state index >= 15 is 0 Å². The average Bonchev–Trinajstić information content (AvgIpc) is 3.04. The number of hydrogen-bond donors (Lipinski definition) is 2. The van der Waals surface area contributed by atoms with Crippen molar-refractivity contribution in [3.63, 3.8) is 0 Å². The fraction of sp³-hybridized carbons (Fsp3) is 0.238. The Morgan fingerprint density at radius 2 is 1.85 bits per heavy atom. The van der Waals surface area contributed by atoms with E-state index in [9.17, 15) is 4.79 Å². The lowest BCUT2D eigenvalue weighted by atomic mass is 9.58. The Hall–Kier alpha value is -2.53. The summed E-state index contributed by atoms with van der Waals surface area (Å²) in [6, 6.07) is 20.4. The molecule has 1 aliphatic carbocycles. The van der Waals surface area contributed by atoms with Crippen molar-refractivity contribution in [1.82, 2.24) is 5.43 Å². The van der Waals surface area contributed by atoms with Crippen molar-refractivity contribution < 1.29 is 9.21 Å². The van der Waals surface area contributed by atoms with Crippen molar-refractivity contribution in [2.75, 3.05) is 0 Å². The maximum absolute atomic E-state index is 11.2. The van der Waals surface area contributed by atoms with Crippen LogP contribution in [-0.4, -0.2) is 11.0 Å². The number of carbonyl (C=O) groups is 1. The SMILES string of the molecule is CC1(c2ccccc2)CC(/C(=N/NC(=O)S)c2cc3ccccc3o2)C1. The van der Waals surface area contributed by atoms with Crippen LogP contribution >= 0.6 is 12.6 Å². The third kappa shape index (κ3) is 3.15. The van der Waals surface area contributed by atoms with Crippen LogP contribution in [0.15, 0.2) is 70.2 Å². The van der Waals surface area contributed by atoms with E-state index in [0.29, 0.717) is 5.76 Å². The first-order valence-electron chi connectivity index (χ1n) is 8.66. The van der Waals surface area contributed by atoms with Crippen LogP contribution < -0.4 is 5.43 Å². The molecule has 0 atom stereocenters. The molecule has 5 heteroatoms. The predicted molar refractivity (Wildman–Crippen MR) is 107 cm³/mol. The number of fused-ring (bicyclic) bond motifs is 1. The van der Waals surface area contributed by atoms with Gasteiger partial charge in [-0.2, -0.15) is 5.10 Å². The van der Waals surface area contributed by atoms with Gasteiger partial charge in [0.1, 0.15) is 11.3 Å². The average molecular weight is 364 g/mol. The molecule has 26 heavy (non-hydrogen) atoms. The zero-order chi connectivity index (χ0) is 18.1. The van der Waals surface area contributed by atoms with Gasteiger partial charge in [-0.05, 0) is 36.0 Å². The molecule has 1 aromatic heterocycles. The van der Waals surface area contributed by atoms with Gasteiger partial charge < -0.3 is 4.42 Å². The highest BCUT2D eigenvalue weighted by molar-refractivity contribution is 7.96. The van der Waals surface area contributed by atoms with Crippen LogP contribution in [0.4, 0.5) is 4.79 Å². The Bertz CT molecular complexity index is 939. The Balaban J connectivity index is 1.63. The summed E-state index contributed by atoms with van der Waals surface area (Å²) in [6.07, 6.45) is 1.91. The molecule has 1 N–H and O–H groups in total. The van der Waals surface area contributed by atoms with E-state index in [0.717, 1.165) is 29.5 Å². The van der Waals surface area contributed by atoms with Crippen LogP contribution in [0.25, 0.3) is 11.0 Å². The summed E-state index contributed by atoms with van der Waals surface area (Å²) in [5.74, 6) is 0.925. The summed E-state index contributed by atoms with van der Waals surface area (Å²) in [4.78, 5) is 11.2. The van der Waals surface area contributed by atoms with E-state index in [1.54, 1.807) is 0 Å². The fourth-order valence-electron chi connectivity index (χ4n) is 3.86. The van der Waals surface area contributed by atoms with Crippen molar-refractivity contribution in [2.45, 2.75) is 25.2 Å². The molecular weight excluding hydrogens is 344 g/mol. The predicted octanol–water partition coefficient (Wildman–Crippen LogP) is 5.14. The van der Waals surface area contributed by atoms with Crippen molar-refractivity contribution in [3.05, 3.63) is 72.0 Å². The number of rotatable bonds is 4. The number of para-hydroxylation sites is 1. The van der Waals surface area contributed by atoms with E-state index in [1.165, 1.54) is 5.56 Å². The van der Waals surface area contributed by atoms with Gasteiger partial charge in [-0.1, -0.05) is 68.1 Å². The molecule has 132 valence electrons. The molecular formula is C21H20N2O2S. The van der Waals surface area contributed by atoms with Crippen LogP contribution in [0.3, 0.4) is 0 Å². The third-order valence-corrected chi connectivity index (χ3v) is 5.30. The van der Waals surface area contributed by atoms with Crippen LogP contribution in [0.1, 0.15) is 31.1 Å². The summed E-state index contributed by atoms with van der Waals surface area (Å²) < 4.78 is 5.99. The van der Waals surface area contributed by atoms with Gasteiger partial charge in [0.05, 0.1) is 0 Å². The molecule has 1 heterocycles. The van der Waals surface area contributed by atoms with E-state index < -0.39 is 5.24 Å². The van der Waals surface area contributed by atoms with Gasteiger partial charge in [-0.15, -0.1) is 0 Å². The maximum Gasteiger partial charge on any atom is 0.296 e. The van der Waals surface area contributed by atoms with E-state index in [-0.39, 0.29) is 11.3 Å². The van der Waals surface area contributed by atoms with Gasteiger partial charge >= 0.3 is 0 Å². The van der Waals surface area contributed by atoms with Gasteiger partial charge in [-0.25, -0.2) is 5.43 Å². The molecule has 0 saturated heterocycles. The Morgan fingerprint density at radius 1 is 1.15 bits per heavy atom. The molecule has 0 radical (unpaired) electrons. The summed E-state index contributed by atoms with van der Waals surface area (Å²) >= 11 is 3.75. The van der Waals surface area contributed by atoms with Crippen LogP contribution in [0.5, 0.6) is 0 Å². The first-order chi connectivity index (χ1) is 12.5. The second-order valence-electron chi connectivity index (χ2n) is 7.09. The van der Waals surface area contributed by atoms with Crippen molar-refractivity contribution in [1.29, 1.82) is 0 Å². The van der Waals surface area contributed by atoms with Crippen molar-refractivity contribution in [3.8, 4) is 0 Å². The molecule has 0 bridgehead atoms. The number of benzene rings is 2. The lowest BCUT2D eigenvalue weighted by molar-refractivity contribution is 0.216. The highest BCUT2D eigenvalue weighted by atomic mass is 32.1. The number of furan rings is 1. The van der Waals surface area contributed by atoms with Gasteiger partial charge in [0.2, 0.25) is 0 Å². The van der Waals surface area contributed by atoms with Crippen molar-refractivity contribution >= 4 is 34.5 Å². The van der Waals surface area contributed by atoms with E-state index in [1.807, 2.05) is 36.4 Å².